The van der Waals surface area contributed by atoms with Crippen LogP contribution in [0.3, 0.4) is 0 Å². The summed E-state index contributed by atoms with van der Waals surface area (Å²) in [6, 6.07) is 5.17. The average Bonchev–Trinajstić information content (AvgIpc) is 2.17. The minimum Gasteiger partial charge on any atom is -0.387 e. The number of hydrogen-bond donors (Lipinski definition) is 2. The minimum absolute atomic E-state index is 0.0167. The molecule has 0 amide bonds. The number of nitrogens with one attached hydrogen (secondary N) is 1. The molecule has 0 aliphatic rings. The van der Waals surface area contributed by atoms with Gasteiger partial charge >= 0.3 is 0 Å². The Morgan fingerprint density at radius 3 is 2.38 bits per heavy atom. The van der Waals surface area contributed by atoms with Crippen LogP contribution in [0, 0.1) is 0 Å². The van der Waals surface area contributed by atoms with Crippen LogP contribution >= 0.6 is 23.2 Å². The van der Waals surface area contributed by atoms with Gasteiger partial charge in [-0.1, -0.05) is 29.3 Å². The van der Waals surface area contributed by atoms with Crippen molar-refractivity contribution in [3.63, 3.8) is 0 Å². The van der Waals surface area contributed by atoms with Crippen molar-refractivity contribution in [1.29, 1.82) is 0 Å². The second-order valence-electron chi connectivity index (χ2n) is 4.82. The van der Waals surface area contributed by atoms with Gasteiger partial charge in [-0.15, -0.1) is 0 Å². The van der Waals surface area contributed by atoms with E-state index in [9.17, 15) is 5.11 Å². The lowest BCUT2D eigenvalue weighted by Crippen LogP contribution is -2.38. The van der Waals surface area contributed by atoms with E-state index in [2.05, 4.69) is 26.1 Å². The average molecular weight is 262 g/mol. The number of benzene rings is 1. The van der Waals surface area contributed by atoms with E-state index in [4.69, 9.17) is 23.2 Å². The SMILES string of the molecule is CC(C)(C)NCC(O)c1ccc(Cl)c(Cl)c1. The molecular weight excluding hydrogens is 245 g/mol. The van der Waals surface area contributed by atoms with Crippen molar-refractivity contribution in [1.82, 2.24) is 5.32 Å². The zero-order valence-electron chi connectivity index (χ0n) is 9.72. The fraction of sp³-hybridized carbons (Fsp3) is 0.500. The summed E-state index contributed by atoms with van der Waals surface area (Å²) in [6.07, 6.45) is -0.575. The van der Waals surface area contributed by atoms with Crippen molar-refractivity contribution < 1.29 is 5.11 Å². The van der Waals surface area contributed by atoms with Gasteiger partial charge in [0, 0.05) is 12.1 Å². The summed E-state index contributed by atoms with van der Waals surface area (Å²) >= 11 is 11.7. The fourth-order valence-corrected chi connectivity index (χ4v) is 1.55. The predicted molar refractivity (Wildman–Crippen MR) is 69.2 cm³/mol. The maximum atomic E-state index is 9.93. The van der Waals surface area contributed by atoms with Gasteiger partial charge in [-0.25, -0.2) is 0 Å². The molecule has 0 saturated carbocycles. The Hall–Kier alpha value is -0.280. The van der Waals surface area contributed by atoms with Gasteiger partial charge in [0.25, 0.3) is 0 Å². The van der Waals surface area contributed by atoms with Crippen molar-refractivity contribution in [2.24, 2.45) is 0 Å². The standard InChI is InChI=1S/C12H17Cl2NO/c1-12(2,3)15-7-11(16)8-4-5-9(13)10(14)6-8/h4-6,11,15-16H,7H2,1-3H3. The molecule has 90 valence electrons. The monoisotopic (exact) mass is 261 g/mol. The number of halogens is 2. The Balaban J connectivity index is 2.66. The van der Waals surface area contributed by atoms with Crippen LogP contribution in [0.4, 0.5) is 0 Å². The van der Waals surface area contributed by atoms with E-state index in [1.807, 2.05) is 0 Å². The molecule has 0 aromatic heterocycles. The normalized spacial score (nSPS) is 13.9. The maximum absolute atomic E-state index is 9.93. The first kappa shape index (κ1) is 13.8. The lowest BCUT2D eigenvalue weighted by atomic mass is 10.1. The van der Waals surface area contributed by atoms with Gasteiger partial charge in [0.05, 0.1) is 16.1 Å². The molecule has 0 saturated heterocycles. The van der Waals surface area contributed by atoms with Gasteiger partial charge in [0.2, 0.25) is 0 Å². The second-order valence-corrected chi connectivity index (χ2v) is 5.63. The zero-order valence-corrected chi connectivity index (χ0v) is 11.2. The molecule has 1 rings (SSSR count). The van der Waals surface area contributed by atoms with Crippen molar-refractivity contribution in [3.8, 4) is 0 Å². The summed E-state index contributed by atoms with van der Waals surface area (Å²) < 4.78 is 0. The highest BCUT2D eigenvalue weighted by Gasteiger charge is 2.14. The highest BCUT2D eigenvalue weighted by molar-refractivity contribution is 6.42. The van der Waals surface area contributed by atoms with E-state index in [0.717, 1.165) is 5.56 Å². The molecule has 0 aliphatic carbocycles. The number of β-amino-alcohol motifs (C(OH)–C–C–N with tert-alkyl or cyclic N) is 1. The number of aliphatic hydroxyl groups is 1. The highest BCUT2D eigenvalue weighted by atomic mass is 35.5. The van der Waals surface area contributed by atoms with E-state index in [1.54, 1.807) is 18.2 Å². The molecule has 0 bridgehead atoms. The van der Waals surface area contributed by atoms with Crippen LogP contribution in [-0.4, -0.2) is 17.2 Å². The smallest absolute Gasteiger partial charge is 0.0915 e. The first-order valence-corrected chi connectivity index (χ1v) is 5.93. The van der Waals surface area contributed by atoms with Crippen LogP contribution in [0.5, 0.6) is 0 Å². The molecule has 1 atom stereocenters. The number of rotatable bonds is 3. The Labute approximate surface area is 107 Å². The van der Waals surface area contributed by atoms with Crippen LogP contribution in [0.1, 0.15) is 32.4 Å². The van der Waals surface area contributed by atoms with E-state index in [0.29, 0.717) is 16.6 Å². The first-order chi connectivity index (χ1) is 7.29. The van der Waals surface area contributed by atoms with Crippen LogP contribution in [-0.2, 0) is 0 Å². The number of hydrogen-bond acceptors (Lipinski definition) is 2. The molecule has 2 nitrogen and oxygen atoms in total. The lowest BCUT2D eigenvalue weighted by Gasteiger charge is -2.23. The van der Waals surface area contributed by atoms with Gasteiger partial charge in [-0.3, -0.25) is 0 Å². The van der Waals surface area contributed by atoms with Crippen LogP contribution in [0.15, 0.2) is 18.2 Å². The highest BCUT2D eigenvalue weighted by Crippen LogP contribution is 2.25. The summed E-state index contributed by atoms with van der Waals surface area (Å²) in [4.78, 5) is 0. The molecule has 0 aliphatic heterocycles. The van der Waals surface area contributed by atoms with E-state index >= 15 is 0 Å². The fourth-order valence-electron chi connectivity index (χ4n) is 1.24. The molecule has 16 heavy (non-hydrogen) atoms. The van der Waals surface area contributed by atoms with Crippen molar-refractivity contribution in [2.75, 3.05) is 6.54 Å². The van der Waals surface area contributed by atoms with Crippen LogP contribution in [0.25, 0.3) is 0 Å². The van der Waals surface area contributed by atoms with Gasteiger partial charge in [0.15, 0.2) is 0 Å². The van der Waals surface area contributed by atoms with E-state index in [-0.39, 0.29) is 5.54 Å². The topological polar surface area (TPSA) is 32.3 Å². The van der Waals surface area contributed by atoms with E-state index < -0.39 is 6.10 Å². The van der Waals surface area contributed by atoms with Gasteiger partial charge in [-0.2, -0.15) is 0 Å². The summed E-state index contributed by atoms with van der Waals surface area (Å²) in [5, 5.41) is 14.1. The quantitative estimate of drug-likeness (QED) is 0.874. The van der Waals surface area contributed by atoms with Gasteiger partial charge in [0.1, 0.15) is 0 Å². The molecule has 0 radical (unpaired) electrons. The number of aliphatic hydroxyl groups excluding tert-OH is 1. The van der Waals surface area contributed by atoms with Gasteiger partial charge in [-0.05, 0) is 38.5 Å². The Morgan fingerprint density at radius 1 is 1.25 bits per heavy atom. The zero-order chi connectivity index (χ0) is 12.3. The first-order valence-electron chi connectivity index (χ1n) is 5.17. The maximum Gasteiger partial charge on any atom is 0.0915 e. The molecule has 1 aromatic rings. The summed E-state index contributed by atoms with van der Waals surface area (Å²) in [5.74, 6) is 0. The molecule has 0 heterocycles. The molecular formula is C12H17Cl2NO. The van der Waals surface area contributed by atoms with Gasteiger partial charge < -0.3 is 10.4 Å². The Bertz CT molecular complexity index is 361. The third-order valence-electron chi connectivity index (χ3n) is 2.15. The Morgan fingerprint density at radius 2 is 1.88 bits per heavy atom. The molecule has 4 heteroatoms. The van der Waals surface area contributed by atoms with Crippen molar-refractivity contribution in [3.05, 3.63) is 33.8 Å². The van der Waals surface area contributed by atoms with E-state index in [1.165, 1.54) is 0 Å². The summed E-state index contributed by atoms with van der Waals surface area (Å²) in [5.41, 5.74) is 0.753. The van der Waals surface area contributed by atoms with Crippen molar-refractivity contribution >= 4 is 23.2 Å². The molecule has 2 N–H and O–H groups in total. The molecule has 0 fully saturated rings. The largest absolute Gasteiger partial charge is 0.387 e. The summed E-state index contributed by atoms with van der Waals surface area (Å²) in [6.45, 7) is 6.64. The predicted octanol–water partition coefficient (Wildman–Crippen LogP) is 3.41. The van der Waals surface area contributed by atoms with Crippen LogP contribution in [0.2, 0.25) is 10.0 Å². The second kappa shape index (κ2) is 5.37. The molecule has 1 aromatic carbocycles. The molecule has 0 spiro atoms. The van der Waals surface area contributed by atoms with Crippen LogP contribution < -0.4 is 5.32 Å². The molecule has 1 unspecified atom stereocenters. The minimum atomic E-state index is -0.575. The Kier molecular flexibility index (Phi) is 4.62. The summed E-state index contributed by atoms with van der Waals surface area (Å²) in [7, 11) is 0. The van der Waals surface area contributed by atoms with Crippen molar-refractivity contribution in [2.45, 2.75) is 32.4 Å². The lowest BCUT2D eigenvalue weighted by molar-refractivity contribution is 0.163. The third-order valence-corrected chi connectivity index (χ3v) is 2.89. The third kappa shape index (κ3) is 4.30.